The SMILES string of the molecule is C#Cc1c(F)ccc2cc(O)cc(-c3ncc4c(N5CCOCC(F)(F)C5)nc(OC[C@]56CCC[C@H]5N(C)CCC6)nc4c3F)c12. The predicted molar refractivity (Wildman–Crippen MR) is 165 cm³/mol. The summed E-state index contributed by atoms with van der Waals surface area (Å²) in [6.45, 7) is -0.0665. The molecule has 0 radical (unpaired) electrons. The van der Waals surface area contributed by atoms with Crippen LogP contribution in [0.1, 0.15) is 37.7 Å². The van der Waals surface area contributed by atoms with Gasteiger partial charge in [0.05, 0.1) is 30.7 Å². The van der Waals surface area contributed by atoms with Gasteiger partial charge >= 0.3 is 6.01 Å². The number of phenolic OH excluding ortho intramolecular Hbond substituents is 1. The molecule has 2 atom stereocenters. The number of nitrogens with zero attached hydrogens (tertiary/aromatic N) is 5. The highest BCUT2D eigenvalue weighted by molar-refractivity contribution is 6.03. The van der Waals surface area contributed by atoms with Crippen LogP contribution < -0.4 is 9.64 Å². The van der Waals surface area contributed by atoms with Crippen LogP contribution in [0, 0.1) is 29.4 Å². The first-order valence-electron chi connectivity index (χ1n) is 15.4. The average molecular weight is 636 g/mol. The third-order valence-corrected chi connectivity index (χ3v) is 9.70. The molecule has 0 amide bonds. The summed E-state index contributed by atoms with van der Waals surface area (Å²) < 4.78 is 72.4. The number of likely N-dealkylation sites (tertiary alicyclic amines) is 1. The smallest absolute Gasteiger partial charge is 0.319 e. The van der Waals surface area contributed by atoms with Gasteiger partial charge in [0.15, 0.2) is 5.82 Å². The van der Waals surface area contributed by atoms with Gasteiger partial charge in [0, 0.05) is 35.1 Å². The Morgan fingerprint density at radius 3 is 2.80 bits per heavy atom. The molecule has 8 nitrogen and oxygen atoms in total. The van der Waals surface area contributed by atoms with E-state index in [0.717, 1.165) is 38.6 Å². The van der Waals surface area contributed by atoms with E-state index in [2.05, 4.69) is 32.8 Å². The number of aromatic hydroxyl groups is 1. The molecule has 3 aliphatic rings. The zero-order valence-electron chi connectivity index (χ0n) is 25.3. The van der Waals surface area contributed by atoms with Crippen molar-refractivity contribution in [1.29, 1.82) is 0 Å². The number of hydrogen-bond acceptors (Lipinski definition) is 8. The second kappa shape index (κ2) is 11.5. The molecule has 2 aliphatic heterocycles. The van der Waals surface area contributed by atoms with Gasteiger partial charge in [-0.05, 0) is 62.9 Å². The van der Waals surface area contributed by atoms with E-state index in [4.69, 9.17) is 15.9 Å². The van der Waals surface area contributed by atoms with Crippen molar-refractivity contribution in [2.45, 2.75) is 44.1 Å². The van der Waals surface area contributed by atoms with E-state index in [1.54, 1.807) is 0 Å². The minimum absolute atomic E-state index is 0.0120. The number of hydrogen-bond donors (Lipinski definition) is 1. The Hall–Kier alpha value is -4.21. The van der Waals surface area contributed by atoms with Crippen LogP contribution in [0.3, 0.4) is 0 Å². The van der Waals surface area contributed by atoms with Crippen LogP contribution in [0.5, 0.6) is 11.8 Å². The van der Waals surface area contributed by atoms with Crippen molar-refractivity contribution in [3.8, 4) is 35.4 Å². The molecule has 240 valence electrons. The maximum absolute atomic E-state index is 16.7. The quantitative estimate of drug-likeness (QED) is 0.214. The molecule has 0 unspecified atom stereocenters. The van der Waals surface area contributed by atoms with Crippen LogP contribution in [0.25, 0.3) is 32.9 Å². The molecule has 46 heavy (non-hydrogen) atoms. The van der Waals surface area contributed by atoms with E-state index in [9.17, 15) is 18.3 Å². The number of aromatic nitrogens is 3. The molecule has 12 heteroatoms. The number of anilines is 1. The van der Waals surface area contributed by atoms with E-state index in [1.165, 1.54) is 35.4 Å². The Morgan fingerprint density at radius 1 is 1.15 bits per heavy atom. The van der Waals surface area contributed by atoms with Gasteiger partial charge in [-0.25, -0.2) is 17.6 Å². The van der Waals surface area contributed by atoms with Crippen LogP contribution in [-0.4, -0.2) is 83.4 Å². The number of alkyl halides is 2. The van der Waals surface area contributed by atoms with Gasteiger partial charge in [0.25, 0.3) is 5.92 Å². The maximum Gasteiger partial charge on any atom is 0.319 e. The summed E-state index contributed by atoms with van der Waals surface area (Å²) in [6.07, 6.45) is 12.0. The highest BCUT2D eigenvalue weighted by atomic mass is 19.3. The molecule has 1 aliphatic carbocycles. The molecule has 4 aromatic rings. The summed E-state index contributed by atoms with van der Waals surface area (Å²) >= 11 is 0. The van der Waals surface area contributed by atoms with E-state index < -0.39 is 30.7 Å². The largest absolute Gasteiger partial charge is 0.508 e. The van der Waals surface area contributed by atoms with Gasteiger partial charge in [-0.3, -0.25) is 4.98 Å². The van der Waals surface area contributed by atoms with Gasteiger partial charge in [-0.1, -0.05) is 18.4 Å². The first-order valence-corrected chi connectivity index (χ1v) is 15.4. The van der Waals surface area contributed by atoms with Crippen molar-refractivity contribution >= 4 is 27.5 Å². The summed E-state index contributed by atoms with van der Waals surface area (Å²) in [5.74, 6) is -2.63. The molecule has 7 rings (SSSR count). The Morgan fingerprint density at radius 2 is 1.98 bits per heavy atom. The minimum atomic E-state index is -3.18. The monoisotopic (exact) mass is 635 g/mol. The number of pyridine rings is 1. The normalized spacial score (nSPS) is 23.3. The van der Waals surface area contributed by atoms with Crippen LogP contribution in [-0.2, 0) is 4.74 Å². The number of rotatable bonds is 5. The Kier molecular flexibility index (Phi) is 7.64. The summed E-state index contributed by atoms with van der Waals surface area (Å²) in [7, 11) is 2.11. The van der Waals surface area contributed by atoms with Crippen molar-refractivity contribution in [3.63, 3.8) is 0 Å². The van der Waals surface area contributed by atoms with Gasteiger partial charge in [-0.2, -0.15) is 9.97 Å². The molecular formula is C34H33F4N5O3. The lowest BCUT2D eigenvalue weighted by Gasteiger charge is -2.44. The molecule has 2 aromatic carbocycles. The Balaban J connectivity index is 1.39. The molecule has 0 spiro atoms. The minimum Gasteiger partial charge on any atom is -0.508 e. The first-order chi connectivity index (χ1) is 22.1. The molecule has 1 N–H and O–H groups in total. The molecule has 4 heterocycles. The summed E-state index contributed by atoms with van der Waals surface area (Å²) in [5, 5.41) is 11.2. The third kappa shape index (κ3) is 5.25. The number of terminal acetylenes is 1. The predicted octanol–water partition coefficient (Wildman–Crippen LogP) is 5.93. The molecule has 2 saturated heterocycles. The molecule has 3 fully saturated rings. The first kappa shape index (κ1) is 30.4. The fourth-order valence-electron chi connectivity index (χ4n) is 7.63. The maximum atomic E-state index is 16.7. The number of halogens is 4. The van der Waals surface area contributed by atoms with Crippen LogP contribution in [0.4, 0.5) is 23.4 Å². The summed E-state index contributed by atoms with van der Waals surface area (Å²) in [6, 6.07) is 5.44. The lowest BCUT2D eigenvalue weighted by Crippen LogP contribution is -2.50. The van der Waals surface area contributed by atoms with Crippen molar-refractivity contribution < 1.29 is 32.1 Å². The fraction of sp³-hybridized carbons (Fsp3) is 0.441. The topological polar surface area (TPSA) is 83.8 Å². The number of piperidine rings is 1. The standard InChI is InChI=1S/C34H33F4N5O3/c1-3-22-25(35)8-7-20-14-21(44)15-23(27(20)22)29-28(36)30-24(16-39-29)31(43-12-13-45-19-34(37,38)17-43)41-32(40-30)46-18-33-9-4-6-26(33)42(2)11-5-10-33/h1,7-8,14-16,26,44H,4-6,9-13,17-19H2,2H3/t26-,33-/m1/s1. The van der Waals surface area contributed by atoms with Gasteiger partial charge in [0.2, 0.25) is 0 Å². The van der Waals surface area contributed by atoms with Gasteiger partial charge in [-0.15, -0.1) is 6.42 Å². The third-order valence-electron chi connectivity index (χ3n) is 9.70. The number of phenols is 1. The van der Waals surface area contributed by atoms with Crippen molar-refractivity contribution in [1.82, 2.24) is 19.9 Å². The van der Waals surface area contributed by atoms with E-state index in [1.807, 2.05) is 0 Å². The van der Waals surface area contributed by atoms with Crippen LogP contribution >= 0.6 is 0 Å². The fourth-order valence-corrected chi connectivity index (χ4v) is 7.63. The zero-order valence-corrected chi connectivity index (χ0v) is 25.3. The van der Waals surface area contributed by atoms with Gasteiger partial charge < -0.3 is 24.4 Å². The lowest BCUT2D eigenvalue weighted by molar-refractivity contribution is -0.0564. The highest BCUT2D eigenvalue weighted by Gasteiger charge is 2.47. The molecule has 2 aromatic heterocycles. The van der Waals surface area contributed by atoms with Crippen LogP contribution in [0.2, 0.25) is 0 Å². The average Bonchev–Trinajstić information content (AvgIpc) is 3.38. The highest BCUT2D eigenvalue weighted by Crippen LogP contribution is 2.47. The van der Waals surface area contributed by atoms with E-state index in [-0.39, 0.29) is 69.3 Å². The summed E-state index contributed by atoms with van der Waals surface area (Å²) in [4.78, 5) is 17.1. The van der Waals surface area contributed by atoms with E-state index >= 15 is 4.39 Å². The second-order valence-electron chi connectivity index (χ2n) is 12.6. The van der Waals surface area contributed by atoms with Crippen molar-refractivity contribution in [2.75, 3.05) is 51.4 Å². The Bertz CT molecular complexity index is 1880. The van der Waals surface area contributed by atoms with Crippen LogP contribution in [0.15, 0.2) is 30.5 Å². The second-order valence-corrected chi connectivity index (χ2v) is 12.6. The molecular weight excluding hydrogens is 602 g/mol. The van der Waals surface area contributed by atoms with Gasteiger partial charge in [0.1, 0.15) is 35.2 Å². The number of benzene rings is 2. The van der Waals surface area contributed by atoms with Crippen molar-refractivity contribution in [3.05, 3.63) is 47.7 Å². The molecule has 1 saturated carbocycles. The van der Waals surface area contributed by atoms with E-state index in [0.29, 0.717) is 18.0 Å². The summed E-state index contributed by atoms with van der Waals surface area (Å²) in [5.41, 5.74) is -0.644. The number of fused-ring (bicyclic) bond motifs is 3. The van der Waals surface area contributed by atoms with Crippen molar-refractivity contribution in [2.24, 2.45) is 5.41 Å². The molecule has 0 bridgehead atoms. The number of ether oxygens (including phenoxy) is 2. The zero-order chi connectivity index (χ0) is 32.2. The lowest BCUT2D eigenvalue weighted by atomic mass is 9.76. The Labute approximate surface area is 263 Å².